The number of hydrogen-bond acceptors (Lipinski definition) is 3. The zero-order chi connectivity index (χ0) is 14.6. The predicted octanol–water partition coefficient (Wildman–Crippen LogP) is 1.74. The van der Waals surface area contributed by atoms with E-state index in [1.54, 1.807) is 0 Å². The molecule has 0 bridgehead atoms. The van der Waals surface area contributed by atoms with Gasteiger partial charge in [0.15, 0.2) is 0 Å². The van der Waals surface area contributed by atoms with Gasteiger partial charge in [-0.2, -0.15) is 18.3 Å². The average Bonchev–Trinajstić information content (AvgIpc) is 2.65. The van der Waals surface area contributed by atoms with Gasteiger partial charge in [0.05, 0.1) is 16.8 Å². The summed E-state index contributed by atoms with van der Waals surface area (Å²) in [5.74, 6) is 0. The molecule has 0 aliphatic carbocycles. The normalized spacial score (nSPS) is 22.0. The number of aryl methyl sites for hydroxylation is 1. The molecule has 0 spiro atoms. The molecule has 1 saturated heterocycles. The molecule has 19 heavy (non-hydrogen) atoms. The van der Waals surface area contributed by atoms with Gasteiger partial charge in [0.2, 0.25) is 0 Å². The van der Waals surface area contributed by atoms with Gasteiger partial charge in [-0.1, -0.05) is 0 Å². The van der Waals surface area contributed by atoms with E-state index in [9.17, 15) is 13.2 Å². The number of hydrogen-bond donors (Lipinski definition) is 0. The van der Waals surface area contributed by atoms with E-state index in [4.69, 9.17) is 9.31 Å². The van der Waals surface area contributed by atoms with Crippen molar-refractivity contribution in [3.05, 3.63) is 11.8 Å². The third-order valence-corrected chi connectivity index (χ3v) is 3.68. The minimum Gasteiger partial charge on any atom is -0.398 e. The van der Waals surface area contributed by atoms with E-state index in [0.717, 1.165) is 10.7 Å². The molecule has 4 nitrogen and oxygen atoms in total. The minimum absolute atomic E-state index is 0.133. The van der Waals surface area contributed by atoms with E-state index in [-0.39, 0.29) is 5.59 Å². The van der Waals surface area contributed by atoms with Crippen molar-refractivity contribution in [3.63, 3.8) is 0 Å². The van der Waals surface area contributed by atoms with Gasteiger partial charge in [0.25, 0.3) is 0 Å². The third-order valence-electron chi connectivity index (χ3n) is 3.68. The summed E-state index contributed by atoms with van der Waals surface area (Å²) in [5.41, 5.74) is -1.90. The molecular weight excluding hydrogens is 260 g/mol. The topological polar surface area (TPSA) is 36.3 Å². The Hall–Kier alpha value is -1.02. The fraction of sp³-hybridized carbons (Fsp3) is 0.727. The maximum Gasteiger partial charge on any atom is 0.516 e. The fourth-order valence-corrected chi connectivity index (χ4v) is 1.83. The van der Waals surface area contributed by atoms with Gasteiger partial charge in [-0.3, -0.25) is 4.68 Å². The van der Waals surface area contributed by atoms with Crippen molar-refractivity contribution in [3.8, 4) is 0 Å². The average molecular weight is 276 g/mol. The lowest BCUT2D eigenvalue weighted by Gasteiger charge is -2.32. The number of halogens is 3. The van der Waals surface area contributed by atoms with Crippen molar-refractivity contribution < 1.29 is 22.5 Å². The van der Waals surface area contributed by atoms with Crippen LogP contribution in [0.3, 0.4) is 0 Å². The van der Waals surface area contributed by atoms with Crippen LogP contribution >= 0.6 is 0 Å². The van der Waals surface area contributed by atoms with Crippen LogP contribution in [0, 0.1) is 0 Å². The van der Waals surface area contributed by atoms with E-state index in [1.807, 2.05) is 27.7 Å². The standard InChI is InChI=1S/C11H16BF3N2O2/c1-9(2)10(3,4)19-12(18-9)8-6-7(11(13,14)15)17(5)16-8/h6H,1-5H3. The van der Waals surface area contributed by atoms with Crippen LogP contribution in [0.2, 0.25) is 0 Å². The summed E-state index contributed by atoms with van der Waals surface area (Å²) in [4.78, 5) is 0. The molecule has 1 aromatic rings. The van der Waals surface area contributed by atoms with Gasteiger partial charge in [-0.25, -0.2) is 0 Å². The number of alkyl halides is 3. The van der Waals surface area contributed by atoms with Gasteiger partial charge in [-0.15, -0.1) is 0 Å². The Morgan fingerprint density at radius 2 is 1.63 bits per heavy atom. The van der Waals surface area contributed by atoms with Crippen LogP contribution in [0.4, 0.5) is 13.2 Å². The molecule has 0 atom stereocenters. The van der Waals surface area contributed by atoms with E-state index >= 15 is 0 Å². The molecule has 0 aromatic carbocycles. The molecule has 2 rings (SSSR count). The van der Waals surface area contributed by atoms with Gasteiger partial charge >= 0.3 is 13.3 Å². The molecule has 0 N–H and O–H groups in total. The zero-order valence-electron chi connectivity index (χ0n) is 11.5. The third kappa shape index (κ3) is 2.39. The second-order valence-corrected chi connectivity index (χ2v) is 5.66. The zero-order valence-corrected chi connectivity index (χ0v) is 11.5. The second kappa shape index (κ2) is 3.99. The van der Waals surface area contributed by atoms with E-state index in [2.05, 4.69) is 5.10 Å². The highest BCUT2D eigenvalue weighted by Crippen LogP contribution is 2.36. The van der Waals surface area contributed by atoms with E-state index in [1.165, 1.54) is 7.05 Å². The smallest absolute Gasteiger partial charge is 0.398 e. The quantitative estimate of drug-likeness (QED) is 0.733. The molecule has 1 fully saturated rings. The van der Waals surface area contributed by atoms with Gasteiger partial charge in [-0.05, 0) is 33.8 Å². The summed E-state index contributed by atoms with van der Waals surface area (Å²) in [6.07, 6.45) is -4.44. The largest absolute Gasteiger partial charge is 0.516 e. The van der Waals surface area contributed by atoms with Gasteiger partial charge in [0.1, 0.15) is 5.69 Å². The minimum atomic E-state index is -4.44. The molecule has 106 valence electrons. The molecule has 0 unspecified atom stereocenters. The monoisotopic (exact) mass is 276 g/mol. The number of nitrogens with zero attached hydrogens (tertiary/aromatic N) is 2. The Labute approximate surface area is 110 Å². The van der Waals surface area contributed by atoms with Gasteiger partial charge < -0.3 is 9.31 Å². The lowest BCUT2D eigenvalue weighted by Crippen LogP contribution is -2.41. The van der Waals surface area contributed by atoms with Crippen molar-refractivity contribution in [2.75, 3.05) is 0 Å². The fourth-order valence-electron chi connectivity index (χ4n) is 1.83. The first kappa shape index (κ1) is 14.4. The SMILES string of the molecule is Cn1nc(B2OC(C)(C)C(C)(C)O2)cc1C(F)(F)F. The molecule has 1 aliphatic rings. The van der Waals surface area contributed by atoms with Crippen LogP contribution in [0.5, 0.6) is 0 Å². The Morgan fingerprint density at radius 1 is 1.16 bits per heavy atom. The van der Waals surface area contributed by atoms with Crippen LogP contribution < -0.4 is 5.59 Å². The first-order valence-corrected chi connectivity index (χ1v) is 5.91. The van der Waals surface area contributed by atoms with Crippen molar-refractivity contribution in [2.45, 2.75) is 45.1 Å². The lowest BCUT2D eigenvalue weighted by atomic mass is 9.85. The summed E-state index contributed by atoms with van der Waals surface area (Å²) in [7, 11) is 0.365. The van der Waals surface area contributed by atoms with Crippen molar-refractivity contribution in [1.29, 1.82) is 0 Å². The summed E-state index contributed by atoms with van der Waals surface area (Å²) in [6.45, 7) is 7.34. The maximum absolute atomic E-state index is 12.7. The maximum atomic E-state index is 12.7. The van der Waals surface area contributed by atoms with Crippen molar-refractivity contribution in [1.82, 2.24) is 9.78 Å². The van der Waals surface area contributed by atoms with Crippen LogP contribution in [-0.4, -0.2) is 28.1 Å². The van der Waals surface area contributed by atoms with Crippen molar-refractivity contribution >= 4 is 12.7 Å². The summed E-state index contributed by atoms with van der Waals surface area (Å²) < 4.78 is 50.3. The van der Waals surface area contributed by atoms with Crippen LogP contribution in [-0.2, 0) is 22.5 Å². The summed E-state index contributed by atoms with van der Waals surface area (Å²) in [6, 6.07) is 0.960. The first-order valence-electron chi connectivity index (χ1n) is 5.91. The highest BCUT2D eigenvalue weighted by Gasteiger charge is 2.53. The summed E-state index contributed by atoms with van der Waals surface area (Å²) >= 11 is 0. The molecule has 0 saturated carbocycles. The van der Waals surface area contributed by atoms with Crippen LogP contribution in [0.1, 0.15) is 33.4 Å². The molecule has 1 aliphatic heterocycles. The van der Waals surface area contributed by atoms with Crippen LogP contribution in [0.25, 0.3) is 0 Å². The Bertz CT molecular complexity index is 481. The molecular formula is C11H16BF3N2O2. The predicted molar refractivity (Wildman–Crippen MR) is 63.9 cm³/mol. The van der Waals surface area contributed by atoms with Crippen molar-refractivity contribution in [2.24, 2.45) is 7.05 Å². The molecule has 1 aromatic heterocycles. The Balaban J connectivity index is 2.31. The van der Waals surface area contributed by atoms with Gasteiger partial charge in [0, 0.05) is 7.05 Å². The highest BCUT2D eigenvalue weighted by molar-refractivity contribution is 6.61. The highest BCUT2D eigenvalue weighted by atomic mass is 19.4. The molecule has 8 heteroatoms. The summed E-state index contributed by atoms with van der Waals surface area (Å²) in [5, 5.41) is 3.84. The Kier molecular flexibility index (Phi) is 3.02. The molecule has 0 amide bonds. The number of aromatic nitrogens is 2. The first-order chi connectivity index (χ1) is 8.44. The Morgan fingerprint density at radius 3 is 2.00 bits per heavy atom. The lowest BCUT2D eigenvalue weighted by molar-refractivity contribution is -0.143. The van der Waals surface area contributed by atoms with Crippen LogP contribution in [0.15, 0.2) is 6.07 Å². The van der Waals surface area contributed by atoms with E-state index < -0.39 is 30.2 Å². The molecule has 0 radical (unpaired) electrons. The molecule has 2 heterocycles. The van der Waals surface area contributed by atoms with E-state index in [0.29, 0.717) is 0 Å². The second-order valence-electron chi connectivity index (χ2n) is 5.66. The number of rotatable bonds is 1.